The lowest BCUT2D eigenvalue weighted by Gasteiger charge is -2.14. The number of nitrogens with one attached hydrogen (secondary N) is 1. The highest BCUT2D eigenvalue weighted by Gasteiger charge is 2.15. The summed E-state index contributed by atoms with van der Waals surface area (Å²) in [5, 5.41) is 7.28. The summed E-state index contributed by atoms with van der Waals surface area (Å²) in [6, 6.07) is 4.61. The van der Waals surface area contributed by atoms with Crippen molar-refractivity contribution < 1.29 is 4.79 Å². The normalized spacial score (nSPS) is 12.2. The first-order valence-corrected chi connectivity index (χ1v) is 6.35. The van der Waals surface area contributed by atoms with Crippen molar-refractivity contribution in [2.24, 2.45) is 7.05 Å². The van der Waals surface area contributed by atoms with Crippen LogP contribution in [0.3, 0.4) is 0 Å². The second-order valence-electron chi connectivity index (χ2n) is 4.08. The number of nitrogens with zero attached hydrogens (tertiary/aromatic N) is 3. The smallest absolute Gasteiger partial charge is 0.252 e. The van der Waals surface area contributed by atoms with E-state index < -0.39 is 0 Å². The summed E-state index contributed by atoms with van der Waals surface area (Å²) in [7, 11) is 1.82. The van der Waals surface area contributed by atoms with E-state index in [2.05, 4.69) is 15.4 Å². The van der Waals surface area contributed by atoms with Crippen molar-refractivity contribution in [3.05, 3.63) is 46.0 Å². The van der Waals surface area contributed by atoms with Gasteiger partial charge in [0.2, 0.25) is 0 Å². The molecule has 0 unspecified atom stereocenters. The van der Waals surface area contributed by atoms with E-state index in [1.807, 2.05) is 20.0 Å². The van der Waals surface area contributed by atoms with Crippen LogP contribution in [0.1, 0.15) is 29.0 Å². The van der Waals surface area contributed by atoms with Gasteiger partial charge in [-0.3, -0.25) is 9.48 Å². The van der Waals surface area contributed by atoms with E-state index in [1.165, 1.54) is 12.1 Å². The van der Waals surface area contributed by atoms with Crippen LogP contribution < -0.4 is 5.32 Å². The molecule has 0 bridgehead atoms. The van der Waals surface area contributed by atoms with Crippen molar-refractivity contribution in [3.8, 4) is 0 Å². The van der Waals surface area contributed by atoms with E-state index in [-0.39, 0.29) is 22.3 Å². The number of pyridine rings is 1. The predicted octanol–water partition coefficient (Wildman–Crippen LogP) is 2.61. The Balaban J connectivity index is 2.15. The molecule has 0 spiro atoms. The number of amides is 1. The average Bonchev–Trinajstić information content (AvgIpc) is 2.74. The molecule has 0 aliphatic rings. The van der Waals surface area contributed by atoms with E-state index in [9.17, 15) is 4.79 Å². The summed E-state index contributed by atoms with van der Waals surface area (Å²) in [4.78, 5) is 15.9. The minimum absolute atomic E-state index is 0.175. The molecular formula is C12H12Cl2N4O. The van der Waals surface area contributed by atoms with Crippen molar-refractivity contribution in [2.75, 3.05) is 0 Å². The van der Waals surface area contributed by atoms with Crippen LogP contribution in [-0.2, 0) is 7.05 Å². The van der Waals surface area contributed by atoms with Crippen molar-refractivity contribution in [1.82, 2.24) is 20.1 Å². The lowest BCUT2D eigenvalue weighted by Crippen LogP contribution is -2.28. The van der Waals surface area contributed by atoms with Gasteiger partial charge in [-0.1, -0.05) is 23.2 Å². The van der Waals surface area contributed by atoms with E-state index in [0.29, 0.717) is 5.56 Å². The number of rotatable bonds is 3. The van der Waals surface area contributed by atoms with Gasteiger partial charge in [0.05, 0.1) is 11.7 Å². The van der Waals surface area contributed by atoms with E-state index >= 15 is 0 Å². The minimum atomic E-state index is -0.264. The zero-order valence-corrected chi connectivity index (χ0v) is 11.9. The van der Waals surface area contributed by atoms with E-state index in [0.717, 1.165) is 5.69 Å². The number of hydrogen-bond donors (Lipinski definition) is 1. The summed E-state index contributed by atoms with van der Waals surface area (Å²) in [5.41, 5.74) is 1.28. The fourth-order valence-electron chi connectivity index (χ4n) is 1.76. The molecule has 0 saturated heterocycles. The molecule has 19 heavy (non-hydrogen) atoms. The van der Waals surface area contributed by atoms with Crippen LogP contribution in [-0.4, -0.2) is 20.7 Å². The Hall–Kier alpha value is -1.59. The molecule has 0 aromatic carbocycles. The van der Waals surface area contributed by atoms with Gasteiger partial charge in [0, 0.05) is 18.8 Å². The molecule has 2 heterocycles. The molecular weight excluding hydrogens is 287 g/mol. The highest BCUT2D eigenvalue weighted by atomic mass is 35.5. The number of carbonyl (C=O) groups is 1. The Kier molecular flexibility index (Phi) is 4.07. The molecule has 2 rings (SSSR count). The van der Waals surface area contributed by atoms with Crippen LogP contribution in [0.4, 0.5) is 0 Å². The number of carbonyl (C=O) groups excluding carboxylic acids is 1. The fourth-order valence-corrected chi connectivity index (χ4v) is 2.22. The van der Waals surface area contributed by atoms with Gasteiger partial charge in [-0.15, -0.1) is 0 Å². The van der Waals surface area contributed by atoms with Gasteiger partial charge in [-0.05, 0) is 25.1 Å². The fraction of sp³-hybridized carbons (Fsp3) is 0.250. The lowest BCUT2D eigenvalue weighted by atomic mass is 10.2. The molecule has 1 N–H and O–H groups in total. The van der Waals surface area contributed by atoms with Crippen LogP contribution in [0.5, 0.6) is 0 Å². The number of halogens is 2. The second-order valence-corrected chi connectivity index (χ2v) is 4.85. The average molecular weight is 299 g/mol. The van der Waals surface area contributed by atoms with Crippen LogP contribution in [0, 0.1) is 0 Å². The molecule has 7 heteroatoms. The van der Waals surface area contributed by atoms with Gasteiger partial charge in [-0.2, -0.15) is 5.10 Å². The Bertz CT molecular complexity index is 591. The first-order valence-electron chi connectivity index (χ1n) is 5.59. The van der Waals surface area contributed by atoms with Gasteiger partial charge in [0.1, 0.15) is 10.3 Å². The maximum atomic E-state index is 12.1. The van der Waals surface area contributed by atoms with Gasteiger partial charge in [0.25, 0.3) is 5.91 Å². The SMILES string of the molecule is C[C@@H](NC(=O)c1cc(Cl)nc(Cl)c1)c1ccnn1C. The summed E-state index contributed by atoms with van der Waals surface area (Å²) in [6.45, 7) is 1.87. The molecule has 0 aliphatic heterocycles. The first-order chi connectivity index (χ1) is 8.97. The van der Waals surface area contributed by atoms with Crippen molar-refractivity contribution in [3.63, 3.8) is 0 Å². The van der Waals surface area contributed by atoms with Crippen LogP contribution in [0.15, 0.2) is 24.4 Å². The van der Waals surface area contributed by atoms with E-state index in [4.69, 9.17) is 23.2 Å². The van der Waals surface area contributed by atoms with E-state index in [1.54, 1.807) is 10.9 Å². The summed E-state index contributed by atoms with van der Waals surface area (Å²) >= 11 is 11.5. The van der Waals surface area contributed by atoms with Gasteiger partial charge >= 0.3 is 0 Å². The minimum Gasteiger partial charge on any atom is -0.344 e. The van der Waals surface area contributed by atoms with Crippen LogP contribution in [0.2, 0.25) is 10.3 Å². The first kappa shape index (κ1) is 13.8. The number of aromatic nitrogens is 3. The lowest BCUT2D eigenvalue weighted by molar-refractivity contribution is 0.0938. The van der Waals surface area contributed by atoms with Crippen LogP contribution >= 0.6 is 23.2 Å². The summed E-state index contributed by atoms with van der Waals surface area (Å²) in [5.74, 6) is -0.264. The standard InChI is InChI=1S/C12H12Cl2N4O/c1-7(9-3-4-15-18(9)2)16-12(19)8-5-10(13)17-11(14)6-8/h3-7H,1-2H3,(H,16,19)/t7-/m1/s1. The molecule has 1 amide bonds. The molecule has 1 atom stereocenters. The third-order valence-electron chi connectivity index (χ3n) is 2.68. The van der Waals surface area contributed by atoms with Crippen molar-refractivity contribution in [1.29, 1.82) is 0 Å². The quantitative estimate of drug-likeness (QED) is 0.886. The number of aryl methyl sites for hydroxylation is 1. The Morgan fingerprint density at radius 3 is 2.53 bits per heavy atom. The molecule has 100 valence electrons. The molecule has 0 radical (unpaired) electrons. The predicted molar refractivity (Wildman–Crippen MR) is 73.3 cm³/mol. The molecule has 0 saturated carbocycles. The van der Waals surface area contributed by atoms with Crippen molar-refractivity contribution in [2.45, 2.75) is 13.0 Å². The Morgan fingerprint density at radius 2 is 2.00 bits per heavy atom. The van der Waals surface area contributed by atoms with Gasteiger partial charge < -0.3 is 5.32 Å². The van der Waals surface area contributed by atoms with Crippen LogP contribution in [0.25, 0.3) is 0 Å². The van der Waals surface area contributed by atoms with Crippen molar-refractivity contribution >= 4 is 29.1 Å². The molecule has 0 aliphatic carbocycles. The maximum absolute atomic E-state index is 12.1. The van der Waals surface area contributed by atoms with Gasteiger partial charge in [0.15, 0.2) is 0 Å². The molecule has 2 aromatic heterocycles. The molecule has 5 nitrogen and oxygen atoms in total. The zero-order chi connectivity index (χ0) is 14.0. The topological polar surface area (TPSA) is 59.8 Å². The largest absolute Gasteiger partial charge is 0.344 e. The summed E-state index contributed by atoms with van der Waals surface area (Å²) in [6.07, 6.45) is 1.68. The Morgan fingerprint density at radius 1 is 1.37 bits per heavy atom. The maximum Gasteiger partial charge on any atom is 0.252 e. The molecule has 0 fully saturated rings. The monoisotopic (exact) mass is 298 g/mol. The zero-order valence-electron chi connectivity index (χ0n) is 10.4. The second kappa shape index (κ2) is 5.59. The number of hydrogen-bond acceptors (Lipinski definition) is 3. The third kappa shape index (κ3) is 3.24. The highest BCUT2D eigenvalue weighted by molar-refractivity contribution is 6.33. The summed E-state index contributed by atoms with van der Waals surface area (Å²) < 4.78 is 1.71. The molecule has 2 aromatic rings. The Labute approximate surface area is 120 Å². The highest BCUT2D eigenvalue weighted by Crippen LogP contribution is 2.16. The third-order valence-corrected chi connectivity index (χ3v) is 3.06. The van der Waals surface area contributed by atoms with Gasteiger partial charge in [-0.25, -0.2) is 4.98 Å².